The minimum atomic E-state index is -0.783. The zero-order chi connectivity index (χ0) is 24.9. The fourth-order valence-corrected chi connectivity index (χ4v) is 4.59. The van der Waals surface area contributed by atoms with Gasteiger partial charge in [0, 0.05) is 6.54 Å². The molecule has 184 valence electrons. The smallest absolute Gasteiger partial charge is 0.338 e. The van der Waals surface area contributed by atoms with Crippen molar-refractivity contribution in [3.8, 4) is 0 Å². The van der Waals surface area contributed by atoms with Crippen molar-refractivity contribution >= 4 is 29.8 Å². The Morgan fingerprint density at radius 1 is 1.00 bits per heavy atom. The Labute approximate surface area is 202 Å². The first kappa shape index (κ1) is 24.2. The van der Waals surface area contributed by atoms with E-state index in [1.165, 1.54) is 0 Å². The zero-order valence-corrected chi connectivity index (χ0v) is 19.3. The molecule has 2 N–H and O–H groups in total. The fourth-order valence-electron chi connectivity index (χ4n) is 4.59. The Hall–Kier alpha value is -3.95. The Morgan fingerprint density at radius 2 is 1.66 bits per heavy atom. The first-order chi connectivity index (χ1) is 16.9. The van der Waals surface area contributed by atoms with Gasteiger partial charge in [0.25, 0.3) is 0 Å². The molecule has 0 saturated carbocycles. The lowest BCUT2D eigenvalue weighted by Crippen LogP contribution is -2.47. The molecular formula is C25H27N3O7. The van der Waals surface area contributed by atoms with Crippen LogP contribution in [-0.2, 0) is 28.7 Å². The number of likely N-dealkylation sites (tertiary alicyclic amines) is 1. The third-order valence-electron chi connectivity index (χ3n) is 6.30. The molecule has 35 heavy (non-hydrogen) atoms. The van der Waals surface area contributed by atoms with Gasteiger partial charge in [-0.1, -0.05) is 42.5 Å². The van der Waals surface area contributed by atoms with E-state index >= 15 is 0 Å². The number of imide groups is 1. The number of urea groups is 1. The molecule has 2 heterocycles. The average Bonchev–Trinajstić information content (AvgIpc) is 3.11. The lowest BCUT2D eigenvalue weighted by molar-refractivity contribution is -0.146. The third-order valence-corrected chi connectivity index (χ3v) is 6.30. The maximum atomic E-state index is 12.7. The van der Waals surface area contributed by atoms with E-state index in [1.807, 2.05) is 18.2 Å². The van der Waals surface area contributed by atoms with Crippen molar-refractivity contribution in [1.82, 2.24) is 15.5 Å². The van der Waals surface area contributed by atoms with Gasteiger partial charge in [-0.25, -0.2) is 9.59 Å². The molecule has 0 radical (unpaired) electrons. The summed E-state index contributed by atoms with van der Waals surface area (Å²) in [6, 6.07) is 7.55. The highest BCUT2D eigenvalue weighted by Crippen LogP contribution is 2.35. The van der Waals surface area contributed by atoms with Gasteiger partial charge in [0.1, 0.15) is 6.61 Å². The van der Waals surface area contributed by atoms with Crippen molar-refractivity contribution in [2.24, 2.45) is 11.8 Å². The second-order valence-corrected chi connectivity index (χ2v) is 8.45. The number of nitrogens with one attached hydrogen (secondary N) is 2. The zero-order valence-electron chi connectivity index (χ0n) is 19.3. The summed E-state index contributed by atoms with van der Waals surface area (Å²) in [7, 11) is 0. The van der Waals surface area contributed by atoms with Crippen LogP contribution in [0.3, 0.4) is 0 Å². The van der Waals surface area contributed by atoms with Crippen LogP contribution in [0.25, 0.3) is 0 Å². The van der Waals surface area contributed by atoms with Gasteiger partial charge in [-0.3, -0.25) is 19.3 Å². The van der Waals surface area contributed by atoms with Crippen LogP contribution in [-0.4, -0.2) is 54.4 Å². The van der Waals surface area contributed by atoms with Gasteiger partial charge in [0.2, 0.25) is 11.8 Å². The van der Waals surface area contributed by atoms with Crippen LogP contribution < -0.4 is 10.6 Å². The molecular weight excluding hydrogens is 454 g/mol. The van der Waals surface area contributed by atoms with Gasteiger partial charge in [-0.05, 0) is 25.3 Å². The molecule has 3 aliphatic rings. The second kappa shape index (κ2) is 10.5. The number of ether oxygens (including phenoxy) is 2. The SMILES string of the molecule is CCOC(=O)C1=C(COC(=O)CCN2C(=O)[C@@H]3CC=CC[C@H]3C2=O)NC(=O)N[C@@H]1c1ccccc1. The highest BCUT2D eigenvalue weighted by atomic mass is 16.5. The van der Waals surface area contributed by atoms with Gasteiger partial charge < -0.3 is 20.1 Å². The van der Waals surface area contributed by atoms with Crippen LogP contribution >= 0.6 is 0 Å². The van der Waals surface area contributed by atoms with E-state index in [9.17, 15) is 24.0 Å². The van der Waals surface area contributed by atoms with E-state index in [1.54, 1.807) is 31.2 Å². The maximum absolute atomic E-state index is 12.7. The van der Waals surface area contributed by atoms with E-state index in [0.29, 0.717) is 18.4 Å². The summed E-state index contributed by atoms with van der Waals surface area (Å²) >= 11 is 0. The molecule has 1 aromatic rings. The highest BCUT2D eigenvalue weighted by molar-refractivity contribution is 6.05. The molecule has 2 aliphatic heterocycles. The molecule has 0 aromatic heterocycles. The van der Waals surface area contributed by atoms with Crippen LogP contribution in [0.2, 0.25) is 0 Å². The van der Waals surface area contributed by atoms with Crippen LogP contribution in [0, 0.1) is 11.8 Å². The lowest BCUT2D eigenvalue weighted by Gasteiger charge is -2.29. The average molecular weight is 482 g/mol. The van der Waals surface area contributed by atoms with Crippen molar-refractivity contribution < 1.29 is 33.4 Å². The Morgan fingerprint density at radius 3 is 2.29 bits per heavy atom. The largest absolute Gasteiger partial charge is 0.463 e. The number of allylic oxidation sites excluding steroid dienone is 2. The van der Waals surface area contributed by atoms with E-state index < -0.39 is 24.0 Å². The van der Waals surface area contributed by atoms with Crippen LogP contribution in [0.1, 0.15) is 37.8 Å². The molecule has 0 unspecified atom stereocenters. The number of hydrogen-bond acceptors (Lipinski definition) is 7. The van der Waals surface area contributed by atoms with Crippen LogP contribution in [0.4, 0.5) is 4.79 Å². The van der Waals surface area contributed by atoms with Gasteiger partial charge in [-0.2, -0.15) is 0 Å². The Kier molecular flexibility index (Phi) is 7.28. The van der Waals surface area contributed by atoms with Crippen molar-refractivity contribution in [3.63, 3.8) is 0 Å². The van der Waals surface area contributed by atoms with Crippen molar-refractivity contribution in [1.29, 1.82) is 0 Å². The molecule has 0 bridgehead atoms. The molecule has 1 fully saturated rings. The molecule has 10 heteroatoms. The van der Waals surface area contributed by atoms with Crippen molar-refractivity contribution in [2.45, 2.75) is 32.2 Å². The summed E-state index contributed by atoms with van der Waals surface area (Å²) in [5.74, 6) is -2.56. The number of esters is 2. The topological polar surface area (TPSA) is 131 Å². The highest BCUT2D eigenvalue weighted by Gasteiger charge is 2.47. The number of carbonyl (C=O) groups excluding carboxylic acids is 5. The quantitative estimate of drug-likeness (QED) is 0.328. The minimum absolute atomic E-state index is 0.0756. The first-order valence-electron chi connectivity index (χ1n) is 11.6. The van der Waals surface area contributed by atoms with Gasteiger partial charge in [-0.15, -0.1) is 0 Å². The fraction of sp³-hybridized carbons (Fsp3) is 0.400. The van der Waals surface area contributed by atoms with Gasteiger partial charge in [0.05, 0.1) is 42.2 Å². The van der Waals surface area contributed by atoms with Crippen LogP contribution in [0.5, 0.6) is 0 Å². The van der Waals surface area contributed by atoms with Gasteiger partial charge >= 0.3 is 18.0 Å². The normalized spacial score (nSPS) is 23.5. The monoisotopic (exact) mass is 481 g/mol. The molecule has 4 amide bonds. The molecule has 1 aromatic carbocycles. The second-order valence-electron chi connectivity index (χ2n) is 8.45. The Balaban J connectivity index is 1.43. The number of amides is 4. The summed E-state index contributed by atoms with van der Waals surface area (Å²) in [5.41, 5.74) is 0.906. The lowest BCUT2D eigenvalue weighted by atomic mass is 9.85. The summed E-state index contributed by atoms with van der Waals surface area (Å²) in [6.07, 6.45) is 4.65. The summed E-state index contributed by atoms with van der Waals surface area (Å²) < 4.78 is 10.5. The van der Waals surface area contributed by atoms with E-state index in [2.05, 4.69) is 10.6 Å². The molecule has 4 rings (SSSR count). The molecule has 1 aliphatic carbocycles. The summed E-state index contributed by atoms with van der Waals surface area (Å²) in [5, 5.41) is 5.23. The minimum Gasteiger partial charge on any atom is -0.463 e. The first-order valence-corrected chi connectivity index (χ1v) is 11.6. The van der Waals surface area contributed by atoms with Crippen molar-refractivity contribution in [2.75, 3.05) is 19.8 Å². The predicted octanol–water partition coefficient (Wildman–Crippen LogP) is 1.74. The molecule has 1 saturated heterocycles. The molecule has 0 spiro atoms. The standard InChI is InChI=1S/C25H27N3O7/c1-2-34-24(32)20-18(26-25(33)27-21(20)15-8-4-3-5-9-15)14-35-19(29)12-13-28-22(30)16-10-6-7-11-17(16)23(28)31/h3-9,16-17,21H,2,10-14H2,1H3,(H2,26,27,33)/t16-,17-,21-/m1/s1. The summed E-state index contributed by atoms with van der Waals surface area (Å²) in [4.78, 5) is 63.7. The number of carbonyl (C=O) groups is 5. The van der Waals surface area contributed by atoms with Gasteiger partial charge in [0.15, 0.2) is 0 Å². The Bertz CT molecular complexity index is 1070. The summed E-state index contributed by atoms with van der Waals surface area (Å²) in [6.45, 7) is 1.34. The maximum Gasteiger partial charge on any atom is 0.338 e. The van der Waals surface area contributed by atoms with E-state index in [4.69, 9.17) is 9.47 Å². The third kappa shape index (κ3) is 5.11. The van der Waals surface area contributed by atoms with E-state index in [0.717, 1.165) is 4.90 Å². The molecule has 10 nitrogen and oxygen atoms in total. The predicted molar refractivity (Wildman–Crippen MR) is 122 cm³/mol. The molecule has 3 atom stereocenters. The number of fused-ring (bicyclic) bond motifs is 1. The van der Waals surface area contributed by atoms with Crippen molar-refractivity contribution in [3.05, 3.63) is 59.3 Å². The van der Waals surface area contributed by atoms with Crippen LogP contribution in [0.15, 0.2) is 53.8 Å². The number of hydrogen-bond donors (Lipinski definition) is 2. The number of nitrogens with zero attached hydrogens (tertiary/aromatic N) is 1. The van der Waals surface area contributed by atoms with E-state index in [-0.39, 0.29) is 61.1 Å². The number of rotatable bonds is 8. The number of benzene rings is 1.